The van der Waals surface area contributed by atoms with E-state index < -0.39 is 5.60 Å². The lowest BCUT2D eigenvalue weighted by Crippen LogP contribution is -2.44. The molecule has 0 aromatic carbocycles. The number of anilines is 1. The van der Waals surface area contributed by atoms with Gasteiger partial charge in [-0.25, -0.2) is 0 Å². The predicted octanol–water partition coefficient (Wildman–Crippen LogP) is 0.910. The Morgan fingerprint density at radius 2 is 2.21 bits per heavy atom. The molecule has 0 spiro atoms. The van der Waals surface area contributed by atoms with Crippen LogP contribution < -0.4 is 11.1 Å². The Kier molecular flexibility index (Phi) is 4.09. The molecule has 1 fully saturated rings. The zero-order valence-electron chi connectivity index (χ0n) is 11.4. The Morgan fingerprint density at radius 1 is 1.53 bits per heavy atom. The van der Waals surface area contributed by atoms with Crippen LogP contribution in [0.3, 0.4) is 0 Å². The molecule has 1 amide bonds. The average molecular weight is 266 g/mol. The van der Waals surface area contributed by atoms with Crippen LogP contribution in [-0.2, 0) is 6.54 Å². The first-order chi connectivity index (χ1) is 9.04. The highest BCUT2D eigenvalue weighted by molar-refractivity contribution is 5.97. The zero-order chi connectivity index (χ0) is 13.9. The lowest BCUT2D eigenvalue weighted by Gasteiger charge is -2.31. The van der Waals surface area contributed by atoms with E-state index >= 15 is 0 Å². The van der Waals surface area contributed by atoms with Gasteiger partial charge in [-0.05, 0) is 19.8 Å². The Hall–Kier alpha value is -1.56. The van der Waals surface area contributed by atoms with Gasteiger partial charge in [-0.2, -0.15) is 5.10 Å². The molecule has 1 aromatic heterocycles. The number of rotatable bonds is 4. The molecule has 0 unspecified atom stereocenters. The van der Waals surface area contributed by atoms with Crippen LogP contribution in [0.2, 0.25) is 0 Å². The molecule has 1 heterocycles. The van der Waals surface area contributed by atoms with Gasteiger partial charge in [-0.15, -0.1) is 0 Å². The van der Waals surface area contributed by atoms with Gasteiger partial charge in [0.05, 0.1) is 11.3 Å². The fourth-order valence-corrected chi connectivity index (χ4v) is 2.49. The normalized spacial score (nSPS) is 18.2. The van der Waals surface area contributed by atoms with Gasteiger partial charge < -0.3 is 16.2 Å². The smallest absolute Gasteiger partial charge is 0.274 e. The number of carbonyl (C=O) groups is 1. The summed E-state index contributed by atoms with van der Waals surface area (Å²) in [6.07, 6.45) is 6.31. The van der Waals surface area contributed by atoms with E-state index in [0.717, 1.165) is 32.1 Å². The lowest BCUT2D eigenvalue weighted by atomic mass is 9.85. The van der Waals surface area contributed by atoms with Gasteiger partial charge in [-0.3, -0.25) is 9.48 Å². The van der Waals surface area contributed by atoms with Gasteiger partial charge in [0, 0.05) is 19.3 Å². The fraction of sp³-hybridized carbons (Fsp3) is 0.692. The predicted molar refractivity (Wildman–Crippen MR) is 72.7 cm³/mol. The van der Waals surface area contributed by atoms with E-state index in [0.29, 0.717) is 12.2 Å². The molecule has 1 aromatic rings. The van der Waals surface area contributed by atoms with Gasteiger partial charge >= 0.3 is 0 Å². The van der Waals surface area contributed by atoms with Crippen molar-refractivity contribution in [1.29, 1.82) is 0 Å². The van der Waals surface area contributed by atoms with E-state index in [-0.39, 0.29) is 18.1 Å². The summed E-state index contributed by atoms with van der Waals surface area (Å²) >= 11 is 0. The molecule has 0 saturated heterocycles. The number of carbonyl (C=O) groups excluding carboxylic acids is 1. The Labute approximate surface area is 113 Å². The molecule has 1 aliphatic rings. The maximum absolute atomic E-state index is 12.0. The van der Waals surface area contributed by atoms with E-state index in [1.807, 2.05) is 6.92 Å². The van der Waals surface area contributed by atoms with Gasteiger partial charge in [0.15, 0.2) is 5.69 Å². The molecule has 0 aliphatic heterocycles. The van der Waals surface area contributed by atoms with Crippen LogP contribution in [-0.4, -0.2) is 32.9 Å². The van der Waals surface area contributed by atoms with E-state index in [9.17, 15) is 9.90 Å². The molecular weight excluding hydrogens is 244 g/mol. The van der Waals surface area contributed by atoms with Crippen molar-refractivity contribution in [2.24, 2.45) is 0 Å². The molecule has 1 aliphatic carbocycles. The summed E-state index contributed by atoms with van der Waals surface area (Å²) in [6.45, 7) is 2.87. The van der Waals surface area contributed by atoms with Crippen molar-refractivity contribution in [3.63, 3.8) is 0 Å². The molecular formula is C13H22N4O2. The quantitative estimate of drug-likeness (QED) is 0.755. The minimum atomic E-state index is -0.768. The standard InChI is InChI=1S/C13H22N4O2/c1-2-17-8-10(14)11(16-17)12(18)15-9-13(19)6-4-3-5-7-13/h8,19H,2-7,9,14H2,1H3,(H,15,18). The maximum atomic E-state index is 12.0. The number of nitrogens with one attached hydrogen (secondary N) is 1. The number of aliphatic hydroxyl groups is 1. The first-order valence-electron chi connectivity index (χ1n) is 6.87. The molecule has 6 heteroatoms. The number of aromatic nitrogens is 2. The molecule has 4 N–H and O–H groups in total. The SMILES string of the molecule is CCn1cc(N)c(C(=O)NCC2(O)CCCCC2)n1. The third-order valence-electron chi connectivity index (χ3n) is 3.69. The number of hydrogen-bond acceptors (Lipinski definition) is 4. The van der Waals surface area contributed by atoms with Crippen LogP contribution in [0.4, 0.5) is 5.69 Å². The summed E-state index contributed by atoms with van der Waals surface area (Å²) < 4.78 is 1.62. The first-order valence-corrected chi connectivity index (χ1v) is 6.87. The number of nitrogens with two attached hydrogens (primary N) is 1. The maximum Gasteiger partial charge on any atom is 0.274 e. The molecule has 6 nitrogen and oxygen atoms in total. The third kappa shape index (κ3) is 3.26. The van der Waals surface area contributed by atoms with Gasteiger partial charge in [0.2, 0.25) is 0 Å². The Balaban J connectivity index is 1.95. The number of hydrogen-bond donors (Lipinski definition) is 3. The summed E-state index contributed by atoms with van der Waals surface area (Å²) in [5.74, 6) is -0.316. The van der Waals surface area contributed by atoms with Gasteiger partial charge in [0.1, 0.15) is 0 Å². The van der Waals surface area contributed by atoms with Crippen LogP contribution in [0.15, 0.2) is 6.20 Å². The molecule has 1 saturated carbocycles. The minimum Gasteiger partial charge on any atom is -0.396 e. The minimum absolute atomic E-state index is 0.237. The number of nitrogen functional groups attached to an aromatic ring is 1. The van der Waals surface area contributed by atoms with E-state index in [2.05, 4.69) is 10.4 Å². The summed E-state index contributed by atoms with van der Waals surface area (Å²) in [4.78, 5) is 12.0. The number of amides is 1. The Bertz CT molecular complexity index is 449. The van der Waals surface area contributed by atoms with Crippen LogP contribution in [0.25, 0.3) is 0 Å². The Morgan fingerprint density at radius 3 is 2.79 bits per heavy atom. The molecule has 0 radical (unpaired) electrons. The van der Waals surface area contributed by atoms with Crippen molar-refractivity contribution in [2.45, 2.75) is 51.2 Å². The van der Waals surface area contributed by atoms with Crippen molar-refractivity contribution in [1.82, 2.24) is 15.1 Å². The number of aryl methyl sites for hydroxylation is 1. The van der Waals surface area contributed by atoms with E-state index in [1.165, 1.54) is 0 Å². The average Bonchev–Trinajstić information content (AvgIpc) is 2.78. The number of nitrogens with zero attached hydrogens (tertiary/aromatic N) is 2. The van der Waals surface area contributed by atoms with Crippen molar-refractivity contribution >= 4 is 11.6 Å². The fourth-order valence-electron chi connectivity index (χ4n) is 2.49. The molecule has 0 atom stereocenters. The van der Waals surface area contributed by atoms with Gasteiger partial charge in [0.25, 0.3) is 5.91 Å². The van der Waals surface area contributed by atoms with Crippen LogP contribution in [0.1, 0.15) is 49.5 Å². The van der Waals surface area contributed by atoms with Crippen molar-refractivity contribution in [3.8, 4) is 0 Å². The second kappa shape index (κ2) is 5.61. The highest BCUT2D eigenvalue weighted by atomic mass is 16.3. The van der Waals surface area contributed by atoms with Crippen molar-refractivity contribution in [2.75, 3.05) is 12.3 Å². The monoisotopic (exact) mass is 266 g/mol. The topological polar surface area (TPSA) is 93.2 Å². The second-order valence-electron chi connectivity index (χ2n) is 5.26. The molecule has 106 valence electrons. The van der Waals surface area contributed by atoms with Gasteiger partial charge in [-0.1, -0.05) is 19.3 Å². The lowest BCUT2D eigenvalue weighted by molar-refractivity contribution is 0.00521. The van der Waals surface area contributed by atoms with Crippen molar-refractivity contribution in [3.05, 3.63) is 11.9 Å². The second-order valence-corrected chi connectivity index (χ2v) is 5.26. The summed E-state index contributed by atoms with van der Waals surface area (Å²) in [6, 6.07) is 0. The highest BCUT2D eigenvalue weighted by Gasteiger charge is 2.30. The van der Waals surface area contributed by atoms with Crippen LogP contribution >= 0.6 is 0 Å². The summed E-state index contributed by atoms with van der Waals surface area (Å²) in [7, 11) is 0. The first kappa shape index (κ1) is 13.9. The van der Waals surface area contributed by atoms with Crippen LogP contribution in [0.5, 0.6) is 0 Å². The highest BCUT2D eigenvalue weighted by Crippen LogP contribution is 2.27. The zero-order valence-corrected chi connectivity index (χ0v) is 11.4. The summed E-state index contributed by atoms with van der Waals surface area (Å²) in [5.41, 5.74) is 5.59. The summed E-state index contributed by atoms with van der Waals surface area (Å²) in [5, 5.41) is 17.2. The van der Waals surface area contributed by atoms with E-state index in [4.69, 9.17) is 5.73 Å². The van der Waals surface area contributed by atoms with Crippen molar-refractivity contribution < 1.29 is 9.90 Å². The van der Waals surface area contributed by atoms with Crippen LogP contribution in [0, 0.1) is 0 Å². The third-order valence-corrected chi connectivity index (χ3v) is 3.69. The molecule has 0 bridgehead atoms. The molecule has 2 rings (SSSR count). The molecule has 19 heavy (non-hydrogen) atoms. The largest absolute Gasteiger partial charge is 0.396 e. The van der Waals surface area contributed by atoms with E-state index in [1.54, 1.807) is 10.9 Å².